The molecule has 1 fully saturated rings. The molecule has 9 heteroatoms. The van der Waals surface area contributed by atoms with Gasteiger partial charge in [-0.2, -0.15) is 10.2 Å². The summed E-state index contributed by atoms with van der Waals surface area (Å²) < 4.78 is 6.96. The highest BCUT2D eigenvalue weighted by molar-refractivity contribution is 5.90. The second kappa shape index (κ2) is 8.49. The fourth-order valence-corrected chi connectivity index (χ4v) is 2.94. The zero-order valence-corrected chi connectivity index (χ0v) is 15.3. The smallest absolute Gasteiger partial charge is 0.246 e. The molecule has 0 aliphatic carbocycles. The van der Waals surface area contributed by atoms with Crippen molar-refractivity contribution in [1.29, 1.82) is 0 Å². The van der Waals surface area contributed by atoms with Gasteiger partial charge in [-0.05, 0) is 30.3 Å². The molecule has 1 saturated heterocycles. The number of hydrogen-bond donors (Lipinski definition) is 2. The zero-order valence-electron chi connectivity index (χ0n) is 15.3. The molecule has 0 radical (unpaired) electrons. The van der Waals surface area contributed by atoms with Crippen molar-refractivity contribution < 1.29 is 9.53 Å². The second-order valence-corrected chi connectivity index (χ2v) is 6.35. The van der Waals surface area contributed by atoms with Gasteiger partial charge in [0.25, 0.3) is 0 Å². The van der Waals surface area contributed by atoms with Crippen LogP contribution in [0.3, 0.4) is 0 Å². The number of nitrogens with zero attached hydrogens (tertiary/aromatic N) is 5. The minimum absolute atomic E-state index is 0.131. The van der Waals surface area contributed by atoms with Crippen molar-refractivity contribution in [2.24, 2.45) is 0 Å². The Hall–Kier alpha value is -3.46. The number of carbonyl (C=O) groups is 1. The highest BCUT2D eigenvalue weighted by Gasteiger charge is 2.12. The number of hydrogen-bond acceptors (Lipinski definition) is 7. The fourth-order valence-electron chi connectivity index (χ4n) is 2.94. The molecule has 4 rings (SSSR count). The van der Waals surface area contributed by atoms with Crippen LogP contribution in [0.1, 0.15) is 0 Å². The van der Waals surface area contributed by atoms with E-state index in [9.17, 15) is 4.79 Å². The molecule has 2 aromatic heterocycles. The van der Waals surface area contributed by atoms with Crippen LogP contribution in [-0.2, 0) is 16.1 Å². The summed E-state index contributed by atoms with van der Waals surface area (Å²) in [6.07, 6.45) is 5.15. The van der Waals surface area contributed by atoms with E-state index in [0.29, 0.717) is 5.82 Å². The molecule has 144 valence electrons. The summed E-state index contributed by atoms with van der Waals surface area (Å²) in [4.78, 5) is 14.2. The number of anilines is 4. The maximum atomic E-state index is 12.0. The second-order valence-electron chi connectivity index (χ2n) is 6.35. The highest BCUT2D eigenvalue weighted by atomic mass is 16.5. The third-order valence-corrected chi connectivity index (χ3v) is 4.32. The lowest BCUT2D eigenvalue weighted by Crippen LogP contribution is -2.36. The maximum Gasteiger partial charge on any atom is 0.246 e. The lowest BCUT2D eigenvalue weighted by Gasteiger charge is -2.28. The van der Waals surface area contributed by atoms with Crippen molar-refractivity contribution in [1.82, 2.24) is 20.0 Å². The van der Waals surface area contributed by atoms with Crippen LogP contribution in [0, 0.1) is 0 Å². The molecule has 1 aromatic carbocycles. The summed E-state index contributed by atoms with van der Waals surface area (Å²) in [6, 6.07) is 11.2. The summed E-state index contributed by atoms with van der Waals surface area (Å²) in [5, 5.41) is 18.3. The Balaban J connectivity index is 1.36. The summed E-state index contributed by atoms with van der Waals surface area (Å²) in [5.41, 5.74) is 2.60. The van der Waals surface area contributed by atoms with Gasteiger partial charge in [0.2, 0.25) is 5.91 Å². The van der Waals surface area contributed by atoms with Crippen LogP contribution in [0.2, 0.25) is 0 Å². The summed E-state index contributed by atoms with van der Waals surface area (Å²) in [5.74, 6) is 0.535. The SMILES string of the molecule is O=C(Cn1cccn1)Nc1ccc(Nc2cc(N3CCOCC3)cnn2)cc1. The molecule has 0 spiro atoms. The first kappa shape index (κ1) is 17.9. The average molecular weight is 379 g/mol. The van der Waals surface area contributed by atoms with Crippen LogP contribution in [0.15, 0.2) is 55.0 Å². The average Bonchev–Trinajstić information content (AvgIpc) is 3.23. The van der Waals surface area contributed by atoms with Crippen LogP contribution < -0.4 is 15.5 Å². The molecule has 0 unspecified atom stereocenters. The topological polar surface area (TPSA) is 97.2 Å². The number of carbonyl (C=O) groups excluding carboxylic acids is 1. The Labute approximate surface area is 162 Å². The van der Waals surface area contributed by atoms with Gasteiger partial charge in [-0.1, -0.05) is 0 Å². The molecule has 1 aliphatic rings. The van der Waals surface area contributed by atoms with E-state index < -0.39 is 0 Å². The van der Waals surface area contributed by atoms with Crippen molar-refractivity contribution >= 4 is 28.8 Å². The molecule has 0 bridgehead atoms. The van der Waals surface area contributed by atoms with Crippen LogP contribution in [0.25, 0.3) is 0 Å². The maximum absolute atomic E-state index is 12.0. The standard InChI is InChI=1S/C19H21N7O2/c27-19(14-26-7-1-6-21-26)23-16-4-2-15(3-5-16)22-18-12-17(13-20-24-18)25-8-10-28-11-9-25/h1-7,12-13H,8-11,14H2,(H,22,24)(H,23,27). The number of rotatable bonds is 6. The van der Waals surface area contributed by atoms with Crippen molar-refractivity contribution in [3.63, 3.8) is 0 Å². The third kappa shape index (κ3) is 4.63. The van der Waals surface area contributed by atoms with E-state index in [1.54, 1.807) is 29.3 Å². The van der Waals surface area contributed by atoms with Gasteiger partial charge in [-0.15, -0.1) is 5.10 Å². The Morgan fingerprint density at radius 1 is 1.14 bits per heavy atom. The molecule has 2 N–H and O–H groups in total. The monoisotopic (exact) mass is 379 g/mol. The molecule has 0 saturated carbocycles. The van der Waals surface area contributed by atoms with Crippen LogP contribution in [0.4, 0.5) is 22.9 Å². The van der Waals surface area contributed by atoms with Gasteiger partial charge in [0.15, 0.2) is 5.82 Å². The normalized spacial score (nSPS) is 13.9. The van der Waals surface area contributed by atoms with E-state index in [2.05, 4.69) is 30.8 Å². The van der Waals surface area contributed by atoms with E-state index in [1.165, 1.54) is 0 Å². The van der Waals surface area contributed by atoms with Gasteiger partial charge in [0.05, 0.1) is 25.1 Å². The van der Waals surface area contributed by atoms with Gasteiger partial charge in [-0.25, -0.2) is 0 Å². The van der Waals surface area contributed by atoms with E-state index >= 15 is 0 Å². The zero-order chi connectivity index (χ0) is 19.2. The number of benzene rings is 1. The summed E-state index contributed by atoms with van der Waals surface area (Å²) in [7, 11) is 0. The van der Waals surface area contributed by atoms with Crippen LogP contribution in [-0.4, -0.2) is 52.2 Å². The molecule has 1 aliphatic heterocycles. The molecular formula is C19H21N7O2. The van der Waals surface area contributed by atoms with Gasteiger partial charge in [0, 0.05) is 42.9 Å². The van der Waals surface area contributed by atoms with Crippen molar-refractivity contribution in [2.75, 3.05) is 41.8 Å². The highest BCUT2D eigenvalue weighted by Crippen LogP contribution is 2.21. The van der Waals surface area contributed by atoms with Crippen LogP contribution in [0.5, 0.6) is 0 Å². The molecule has 28 heavy (non-hydrogen) atoms. The Kier molecular flexibility index (Phi) is 5.43. The number of morpholine rings is 1. The number of ether oxygens (including phenoxy) is 1. The van der Waals surface area contributed by atoms with E-state index in [1.807, 2.05) is 30.3 Å². The number of nitrogens with one attached hydrogen (secondary N) is 2. The lowest BCUT2D eigenvalue weighted by atomic mass is 10.2. The van der Waals surface area contributed by atoms with Crippen molar-refractivity contribution in [3.8, 4) is 0 Å². The van der Waals surface area contributed by atoms with Crippen molar-refractivity contribution in [2.45, 2.75) is 6.54 Å². The fraction of sp³-hybridized carbons (Fsp3) is 0.263. The molecular weight excluding hydrogens is 358 g/mol. The van der Waals surface area contributed by atoms with Gasteiger partial charge >= 0.3 is 0 Å². The van der Waals surface area contributed by atoms with Crippen LogP contribution >= 0.6 is 0 Å². The molecule has 9 nitrogen and oxygen atoms in total. The van der Waals surface area contributed by atoms with Crippen molar-refractivity contribution in [3.05, 3.63) is 55.0 Å². The Morgan fingerprint density at radius 2 is 1.93 bits per heavy atom. The Bertz CT molecular complexity index is 906. The number of amides is 1. The van der Waals surface area contributed by atoms with Gasteiger partial charge in [-0.3, -0.25) is 9.48 Å². The minimum Gasteiger partial charge on any atom is -0.378 e. The minimum atomic E-state index is -0.131. The largest absolute Gasteiger partial charge is 0.378 e. The first-order valence-electron chi connectivity index (χ1n) is 9.06. The summed E-state index contributed by atoms with van der Waals surface area (Å²) >= 11 is 0. The first-order valence-corrected chi connectivity index (χ1v) is 9.06. The lowest BCUT2D eigenvalue weighted by molar-refractivity contribution is -0.116. The molecule has 3 heterocycles. The Morgan fingerprint density at radius 3 is 2.68 bits per heavy atom. The van der Waals surface area contributed by atoms with E-state index in [0.717, 1.165) is 43.4 Å². The summed E-state index contributed by atoms with van der Waals surface area (Å²) in [6.45, 7) is 3.31. The van der Waals surface area contributed by atoms with Gasteiger partial charge in [0.1, 0.15) is 6.54 Å². The molecule has 0 atom stereocenters. The third-order valence-electron chi connectivity index (χ3n) is 4.32. The van der Waals surface area contributed by atoms with E-state index in [-0.39, 0.29) is 12.5 Å². The predicted octanol–water partition coefficient (Wildman–Crippen LogP) is 1.89. The predicted molar refractivity (Wildman–Crippen MR) is 106 cm³/mol. The molecule has 3 aromatic rings. The first-order chi connectivity index (χ1) is 13.8. The number of aromatic nitrogens is 4. The quantitative estimate of drug-likeness (QED) is 0.675. The van der Waals surface area contributed by atoms with Gasteiger partial charge < -0.3 is 20.3 Å². The molecule has 1 amide bonds. The van der Waals surface area contributed by atoms with E-state index in [4.69, 9.17) is 4.74 Å².